The van der Waals surface area contributed by atoms with Gasteiger partial charge in [0.25, 0.3) is 5.91 Å². The van der Waals surface area contributed by atoms with Crippen LogP contribution in [-0.2, 0) is 10.8 Å². The Labute approximate surface area is 116 Å². The summed E-state index contributed by atoms with van der Waals surface area (Å²) in [5.41, 5.74) is 1.37. The Morgan fingerprint density at radius 3 is 2.74 bits per heavy atom. The molecule has 0 bridgehead atoms. The minimum Gasteiger partial charge on any atom is -0.370 e. The maximum atomic E-state index is 12.0. The smallest absolute Gasteiger partial charge is 0.251 e. The van der Waals surface area contributed by atoms with Gasteiger partial charge in [-0.3, -0.25) is 9.00 Å². The van der Waals surface area contributed by atoms with Crippen LogP contribution in [0.1, 0.15) is 29.9 Å². The number of hydrogen-bond acceptors (Lipinski definition) is 4. The average molecular weight is 283 g/mol. The minimum absolute atomic E-state index is 0.155. The van der Waals surface area contributed by atoms with Crippen LogP contribution in [0.4, 0.5) is 5.82 Å². The van der Waals surface area contributed by atoms with E-state index < -0.39 is 10.8 Å². The van der Waals surface area contributed by atoms with Gasteiger partial charge in [0.05, 0.1) is 0 Å². The topological polar surface area (TPSA) is 71.1 Å². The molecule has 0 fully saturated rings. The van der Waals surface area contributed by atoms with Crippen LogP contribution in [0.2, 0.25) is 0 Å². The predicted molar refractivity (Wildman–Crippen MR) is 79.0 cm³/mol. The summed E-state index contributed by atoms with van der Waals surface area (Å²) in [6, 6.07) is 3.47. The fourth-order valence-electron chi connectivity index (χ4n) is 1.60. The minimum atomic E-state index is -0.851. The van der Waals surface area contributed by atoms with Crippen molar-refractivity contribution in [3.05, 3.63) is 23.4 Å². The number of hydrogen-bond donors (Lipinski definition) is 2. The van der Waals surface area contributed by atoms with Crippen LogP contribution in [0.3, 0.4) is 0 Å². The summed E-state index contributed by atoms with van der Waals surface area (Å²) in [6.45, 7) is 6.88. The Morgan fingerprint density at radius 2 is 2.11 bits per heavy atom. The second-order valence-electron chi connectivity index (χ2n) is 4.10. The summed E-state index contributed by atoms with van der Waals surface area (Å²) < 4.78 is 11.3. The van der Waals surface area contributed by atoms with Crippen molar-refractivity contribution < 1.29 is 9.00 Å². The van der Waals surface area contributed by atoms with Gasteiger partial charge in [-0.15, -0.1) is 0 Å². The molecule has 0 spiro atoms. The molecule has 0 saturated heterocycles. The Balaban J connectivity index is 2.63. The summed E-state index contributed by atoms with van der Waals surface area (Å²) >= 11 is 0. The van der Waals surface area contributed by atoms with E-state index in [4.69, 9.17) is 0 Å². The highest BCUT2D eigenvalue weighted by molar-refractivity contribution is 7.84. The molecular weight excluding hydrogens is 262 g/mol. The lowest BCUT2D eigenvalue weighted by molar-refractivity contribution is 0.0956. The molecule has 0 aromatic carbocycles. The molecule has 0 aliphatic rings. The third-order valence-corrected chi connectivity index (χ3v) is 3.81. The quantitative estimate of drug-likeness (QED) is 0.792. The van der Waals surface area contributed by atoms with Crippen molar-refractivity contribution in [1.82, 2.24) is 10.3 Å². The van der Waals surface area contributed by atoms with Gasteiger partial charge in [0.1, 0.15) is 5.82 Å². The van der Waals surface area contributed by atoms with E-state index in [1.807, 2.05) is 20.8 Å². The summed E-state index contributed by atoms with van der Waals surface area (Å²) in [5.74, 6) is 1.66. The number of rotatable bonds is 7. The summed E-state index contributed by atoms with van der Waals surface area (Å²) in [7, 11) is -0.851. The highest BCUT2D eigenvalue weighted by Crippen LogP contribution is 2.09. The molecule has 2 N–H and O–H groups in total. The standard InChI is InChI=1S/C13H21N3O2S/c1-4-14-12-9-11(8-10(3)16-12)13(17)15-6-7-19(18)5-2/h8-9H,4-7H2,1-3H3,(H,14,16)(H,15,17). The number of pyridine rings is 1. The molecule has 1 atom stereocenters. The van der Waals surface area contributed by atoms with Gasteiger partial charge >= 0.3 is 0 Å². The van der Waals surface area contributed by atoms with Gasteiger partial charge in [-0.05, 0) is 26.0 Å². The first-order valence-electron chi connectivity index (χ1n) is 6.42. The molecule has 6 heteroatoms. The van der Waals surface area contributed by atoms with Gasteiger partial charge in [0.2, 0.25) is 0 Å². The Kier molecular flexibility index (Phi) is 6.49. The number of nitrogens with one attached hydrogen (secondary N) is 2. The van der Waals surface area contributed by atoms with E-state index >= 15 is 0 Å². The molecule has 5 nitrogen and oxygen atoms in total. The van der Waals surface area contributed by atoms with Crippen LogP contribution in [0, 0.1) is 6.92 Å². The lowest BCUT2D eigenvalue weighted by Gasteiger charge is -2.08. The van der Waals surface area contributed by atoms with Crippen molar-refractivity contribution >= 4 is 22.5 Å². The maximum absolute atomic E-state index is 12.0. The van der Waals surface area contributed by atoms with Crippen molar-refractivity contribution in [1.29, 1.82) is 0 Å². The van der Waals surface area contributed by atoms with Gasteiger partial charge in [-0.25, -0.2) is 4.98 Å². The molecule has 1 aromatic heterocycles. The van der Waals surface area contributed by atoms with Gasteiger partial charge in [-0.1, -0.05) is 6.92 Å². The van der Waals surface area contributed by atoms with Gasteiger partial charge in [-0.2, -0.15) is 0 Å². The van der Waals surface area contributed by atoms with Crippen LogP contribution in [0.15, 0.2) is 12.1 Å². The van der Waals surface area contributed by atoms with Crippen LogP contribution < -0.4 is 10.6 Å². The number of nitrogens with zero attached hydrogens (tertiary/aromatic N) is 1. The lowest BCUT2D eigenvalue weighted by atomic mass is 10.2. The van der Waals surface area contributed by atoms with E-state index in [-0.39, 0.29) is 5.91 Å². The average Bonchev–Trinajstić information content (AvgIpc) is 2.38. The first kappa shape index (κ1) is 15.6. The van der Waals surface area contributed by atoms with Crippen molar-refractivity contribution in [3.63, 3.8) is 0 Å². The predicted octanol–water partition coefficient (Wildman–Crippen LogP) is 1.32. The Morgan fingerprint density at radius 1 is 1.37 bits per heavy atom. The summed E-state index contributed by atoms with van der Waals surface area (Å²) in [4.78, 5) is 16.2. The third-order valence-electron chi connectivity index (χ3n) is 2.51. The zero-order chi connectivity index (χ0) is 14.3. The van der Waals surface area contributed by atoms with E-state index in [2.05, 4.69) is 15.6 Å². The Bertz CT molecular complexity index is 463. The molecule has 1 rings (SSSR count). The molecule has 1 heterocycles. The normalized spacial score (nSPS) is 11.9. The number of carbonyl (C=O) groups is 1. The number of aryl methyl sites for hydroxylation is 1. The molecular formula is C13H21N3O2S. The highest BCUT2D eigenvalue weighted by Gasteiger charge is 2.08. The molecule has 106 valence electrons. The second-order valence-corrected chi connectivity index (χ2v) is 5.97. The molecule has 19 heavy (non-hydrogen) atoms. The van der Waals surface area contributed by atoms with E-state index in [0.717, 1.165) is 12.2 Å². The number of amides is 1. The van der Waals surface area contributed by atoms with Crippen LogP contribution in [0.25, 0.3) is 0 Å². The monoisotopic (exact) mass is 283 g/mol. The van der Waals surface area contributed by atoms with E-state index in [1.165, 1.54) is 0 Å². The number of anilines is 1. The van der Waals surface area contributed by atoms with E-state index in [0.29, 0.717) is 29.4 Å². The zero-order valence-electron chi connectivity index (χ0n) is 11.7. The molecule has 1 aromatic rings. The number of aromatic nitrogens is 1. The molecule has 0 saturated carbocycles. The lowest BCUT2D eigenvalue weighted by Crippen LogP contribution is -2.28. The first-order chi connectivity index (χ1) is 9.06. The van der Waals surface area contributed by atoms with Crippen molar-refractivity contribution in [2.75, 3.05) is 29.9 Å². The summed E-state index contributed by atoms with van der Waals surface area (Å²) in [5, 5.41) is 5.86. The molecule has 0 radical (unpaired) electrons. The molecule has 0 aliphatic heterocycles. The molecule has 0 aliphatic carbocycles. The summed E-state index contributed by atoms with van der Waals surface area (Å²) in [6.07, 6.45) is 0. The van der Waals surface area contributed by atoms with Gasteiger partial charge in [0, 0.05) is 46.7 Å². The Hall–Kier alpha value is -1.43. The fraction of sp³-hybridized carbons (Fsp3) is 0.538. The largest absolute Gasteiger partial charge is 0.370 e. The second kappa shape index (κ2) is 7.89. The van der Waals surface area contributed by atoms with Crippen molar-refractivity contribution in [3.8, 4) is 0 Å². The van der Waals surface area contributed by atoms with Crippen LogP contribution in [0.5, 0.6) is 0 Å². The van der Waals surface area contributed by atoms with Crippen molar-refractivity contribution in [2.24, 2.45) is 0 Å². The highest BCUT2D eigenvalue weighted by atomic mass is 32.2. The third kappa shape index (κ3) is 5.38. The maximum Gasteiger partial charge on any atom is 0.251 e. The number of carbonyl (C=O) groups excluding carboxylic acids is 1. The SMILES string of the molecule is CCNc1cc(C(=O)NCCS(=O)CC)cc(C)n1. The molecule has 1 amide bonds. The molecule has 1 unspecified atom stereocenters. The van der Waals surface area contributed by atoms with E-state index in [1.54, 1.807) is 12.1 Å². The van der Waals surface area contributed by atoms with Gasteiger partial charge < -0.3 is 10.6 Å². The van der Waals surface area contributed by atoms with Gasteiger partial charge in [0.15, 0.2) is 0 Å². The zero-order valence-corrected chi connectivity index (χ0v) is 12.5. The van der Waals surface area contributed by atoms with Crippen LogP contribution >= 0.6 is 0 Å². The first-order valence-corrected chi connectivity index (χ1v) is 7.91. The fourth-order valence-corrected chi connectivity index (χ4v) is 2.21. The van der Waals surface area contributed by atoms with Crippen molar-refractivity contribution in [2.45, 2.75) is 20.8 Å². The van der Waals surface area contributed by atoms with Crippen LogP contribution in [-0.4, -0.2) is 39.7 Å². The van der Waals surface area contributed by atoms with E-state index in [9.17, 15) is 9.00 Å².